The fourth-order valence-corrected chi connectivity index (χ4v) is 3.72. The molecule has 21 heavy (non-hydrogen) atoms. The zero-order valence-electron chi connectivity index (χ0n) is 13.2. The topological polar surface area (TPSA) is 44.5 Å². The Balaban J connectivity index is 1.68. The summed E-state index contributed by atoms with van der Waals surface area (Å²) in [5.41, 5.74) is 8.40. The van der Waals surface area contributed by atoms with Crippen LogP contribution in [0.5, 0.6) is 5.75 Å². The lowest BCUT2D eigenvalue weighted by molar-refractivity contribution is -0.108. The van der Waals surface area contributed by atoms with Gasteiger partial charge in [-0.15, -0.1) is 0 Å². The van der Waals surface area contributed by atoms with Gasteiger partial charge in [0.2, 0.25) is 0 Å². The summed E-state index contributed by atoms with van der Waals surface area (Å²) in [7, 11) is 0. The summed E-state index contributed by atoms with van der Waals surface area (Å²) in [6, 6.07) is 6.37. The Hall–Kier alpha value is -1.06. The molecule has 2 fully saturated rings. The van der Waals surface area contributed by atoms with Crippen LogP contribution in [0.25, 0.3) is 0 Å². The maximum atomic E-state index is 6.29. The SMILES string of the molecule is Cc1cc([C@@H](C)N)ccc1OC1CCOC2(CCCC2)C1. The predicted molar refractivity (Wildman–Crippen MR) is 84.6 cm³/mol. The summed E-state index contributed by atoms with van der Waals surface area (Å²) in [6.45, 7) is 4.95. The Morgan fingerprint density at radius 1 is 1.33 bits per heavy atom. The van der Waals surface area contributed by atoms with E-state index < -0.39 is 0 Å². The van der Waals surface area contributed by atoms with Crippen molar-refractivity contribution < 1.29 is 9.47 Å². The van der Waals surface area contributed by atoms with Gasteiger partial charge >= 0.3 is 0 Å². The zero-order valence-corrected chi connectivity index (χ0v) is 13.2. The summed E-state index contributed by atoms with van der Waals surface area (Å²) in [5, 5.41) is 0. The molecule has 0 aromatic heterocycles. The van der Waals surface area contributed by atoms with Crippen molar-refractivity contribution >= 4 is 0 Å². The molecule has 1 spiro atoms. The minimum Gasteiger partial charge on any atom is -0.490 e. The third kappa shape index (κ3) is 3.24. The van der Waals surface area contributed by atoms with Crippen LogP contribution in [0.3, 0.4) is 0 Å². The van der Waals surface area contributed by atoms with E-state index in [1.54, 1.807) is 0 Å². The lowest BCUT2D eigenvalue weighted by atomic mass is 9.90. The molecule has 0 amide bonds. The van der Waals surface area contributed by atoms with Gasteiger partial charge in [0.25, 0.3) is 0 Å². The second-order valence-corrected chi connectivity index (χ2v) is 6.78. The van der Waals surface area contributed by atoms with Gasteiger partial charge in [0.1, 0.15) is 11.9 Å². The van der Waals surface area contributed by atoms with Crippen molar-refractivity contribution in [1.29, 1.82) is 0 Å². The number of aryl methyl sites for hydroxylation is 1. The van der Waals surface area contributed by atoms with Crippen LogP contribution in [-0.4, -0.2) is 18.3 Å². The smallest absolute Gasteiger partial charge is 0.122 e. The average molecular weight is 289 g/mol. The first kappa shape index (κ1) is 14.9. The van der Waals surface area contributed by atoms with Crippen molar-refractivity contribution in [2.24, 2.45) is 5.73 Å². The second-order valence-electron chi connectivity index (χ2n) is 6.78. The molecule has 1 aromatic carbocycles. The molecule has 1 aromatic rings. The molecule has 3 heteroatoms. The van der Waals surface area contributed by atoms with E-state index in [4.69, 9.17) is 15.2 Å². The Morgan fingerprint density at radius 2 is 2.10 bits per heavy atom. The van der Waals surface area contributed by atoms with E-state index in [1.807, 2.05) is 6.92 Å². The first-order valence-electron chi connectivity index (χ1n) is 8.25. The van der Waals surface area contributed by atoms with Crippen molar-refractivity contribution in [2.75, 3.05) is 6.61 Å². The molecule has 1 unspecified atom stereocenters. The van der Waals surface area contributed by atoms with Gasteiger partial charge in [-0.1, -0.05) is 25.0 Å². The Bertz CT molecular complexity index is 492. The van der Waals surface area contributed by atoms with E-state index in [2.05, 4.69) is 25.1 Å². The molecule has 2 N–H and O–H groups in total. The van der Waals surface area contributed by atoms with Gasteiger partial charge in [-0.3, -0.25) is 0 Å². The third-order valence-electron chi connectivity index (χ3n) is 4.98. The molecule has 1 saturated heterocycles. The largest absolute Gasteiger partial charge is 0.490 e. The highest BCUT2D eigenvalue weighted by Gasteiger charge is 2.40. The standard InChI is InChI=1S/C18H27NO2/c1-13-11-15(14(2)19)5-6-17(13)21-16-7-10-20-18(12-16)8-3-4-9-18/h5-6,11,14,16H,3-4,7-10,12,19H2,1-2H3/t14-,16?/m1/s1. The van der Waals surface area contributed by atoms with E-state index in [9.17, 15) is 0 Å². The van der Waals surface area contributed by atoms with Crippen LogP contribution in [0.4, 0.5) is 0 Å². The number of benzene rings is 1. The van der Waals surface area contributed by atoms with Gasteiger partial charge < -0.3 is 15.2 Å². The molecule has 0 radical (unpaired) electrons. The van der Waals surface area contributed by atoms with Crippen LogP contribution in [0.15, 0.2) is 18.2 Å². The molecule has 0 bridgehead atoms. The molecule has 1 saturated carbocycles. The summed E-state index contributed by atoms with van der Waals surface area (Å²) in [5.74, 6) is 0.999. The van der Waals surface area contributed by atoms with Gasteiger partial charge in [-0.25, -0.2) is 0 Å². The molecule has 2 aliphatic rings. The molecule has 2 atom stereocenters. The highest BCUT2D eigenvalue weighted by Crippen LogP contribution is 2.41. The van der Waals surface area contributed by atoms with Crippen LogP contribution in [-0.2, 0) is 4.74 Å². The van der Waals surface area contributed by atoms with Crippen molar-refractivity contribution in [1.82, 2.24) is 0 Å². The number of rotatable bonds is 3. The van der Waals surface area contributed by atoms with Gasteiger partial charge in [0, 0.05) is 18.9 Å². The summed E-state index contributed by atoms with van der Waals surface area (Å²) < 4.78 is 12.4. The average Bonchev–Trinajstić information content (AvgIpc) is 2.89. The Morgan fingerprint density at radius 3 is 2.76 bits per heavy atom. The maximum absolute atomic E-state index is 6.29. The lowest BCUT2D eigenvalue weighted by Gasteiger charge is -2.38. The Kier molecular flexibility index (Phi) is 4.23. The zero-order chi connectivity index (χ0) is 14.9. The highest BCUT2D eigenvalue weighted by atomic mass is 16.5. The van der Waals surface area contributed by atoms with E-state index in [0.29, 0.717) is 0 Å². The molecule has 3 nitrogen and oxygen atoms in total. The number of hydrogen-bond donors (Lipinski definition) is 1. The monoisotopic (exact) mass is 289 g/mol. The fraction of sp³-hybridized carbons (Fsp3) is 0.667. The maximum Gasteiger partial charge on any atom is 0.122 e. The van der Waals surface area contributed by atoms with Gasteiger partial charge in [-0.2, -0.15) is 0 Å². The molecular formula is C18H27NO2. The normalized spacial score (nSPS) is 26.0. The molecule has 116 valence electrons. The second kappa shape index (κ2) is 5.98. The molecule has 3 rings (SSSR count). The molecule has 1 aliphatic heterocycles. The third-order valence-corrected chi connectivity index (χ3v) is 4.98. The minimum absolute atomic E-state index is 0.0718. The summed E-state index contributed by atoms with van der Waals surface area (Å²) in [4.78, 5) is 0. The van der Waals surface area contributed by atoms with Crippen LogP contribution in [0.2, 0.25) is 0 Å². The van der Waals surface area contributed by atoms with Gasteiger partial charge in [0.15, 0.2) is 0 Å². The summed E-state index contributed by atoms with van der Waals surface area (Å²) in [6.07, 6.45) is 7.34. The van der Waals surface area contributed by atoms with Crippen molar-refractivity contribution in [3.8, 4) is 5.75 Å². The molecule has 1 aliphatic carbocycles. The summed E-state index contributed by atoms with van der Waals surface area (Å²) >= 11 is 0. The number of nitrogens with two attached hydrogens (primary N) is 1. The molecular weight excluding hydrogens is 262 g/mol. The first-order chi connectivity index (χ1) is 10.1. The number of hydrogen-bond acceptors (Lipinski definition) is 3. The quantitative estimate of drug-likeness (QED) is 0.918. The minimum atomic E-state index is 0.0718. The van der Waals surface area contributed by atoms with E-state index >= 15 is 0 Å². The van der Waals surface area contributed by atoms with E-state index in [-0.39, 0.29) is 17.7 Å². The Labute approximate surface area is 127 Å². The van der Waals surface area contributed by atoms with Gasteiger partial charge in [0.05, 0.1) is 12.2 Å². The van der Waals surface area contributed by atoms with Gasteiger partial charge in [-0.05, 0) is 43.9 Å². The van der Waals surface area contributed by atoms with Crippen molar-refractivity contribution in [2.45, 2.75) is 70.1 Å². The van der Waals surface area contributed by atoms with Crippen LogP contribution in [0.1, 0.15) is 62.6 Å². The van der Waals surface area contributed by atoms with Crippen LogP contribution in [0, 0.1) is 6.92 Å². The molecule has 1 heterocycles. The first-order valence-corrected chi connectivity index (χ1v) is 8.25. The lowest BCUT2D eigenvalue weighted by Crippen LogP contribution is -2.41. The van der Waals surface area contributed by atoms with Crippen LogP contribution >= 0.6 is 0 Å². The van der Waals surface area contributed by atoms with Crippen molar-refractivity contribution in [3.63, 3.8) is 0 Å². The van der Waals surface area contributed by atoms with E-state index in [1.165, 1.54) is 36.8 Å². The highest BCUT2D eigenvalue weighted by molar-refractivity contribution is 5.37. The fourth-order valence-electron chi connectivity index (χ4n) is 3.72. The van der Waals surface area contributed by atoms with E-state index in [0.717, 1.165) is 25.2 Å². The number of ether oxygens (including phenoxy) is 2. The predicted octanol–water partition coefficient (Wildman–Crippen LogP) is 3.89. The van der Waals surface area contributed by atoms with Crippen molar-refractivity contribution in [3.05, 3.63) is 29.3 Å². The van der Waals surface area contributed by atoms with Crippen LogP contribution < -0.4 is 10.5 Å².